The molecule has 0 radical (unpaired) electrons. The summed E-state index contributed by atoms with van der Waals surface area (Å²) in [6.45, 7) is 0.358. The second-order valence-corrected chi connectivity index (χ2v) is 3.80. The van der Waals surface area contributed by atoms with E-state index >= 15 is 0 Å². The number of carbonyl (C=O) groups excluding carboxylic acids is 1. The van der Waals surface area contributed by atoms with Crippen molar-refractivity contribution in [1.82, 2.24) is 5.32 Å². The van der Waals surface area contributed by atoms with Crippen molar-refractivity contribution in [2.75, 3.05) is 5.33 Å². The van der Waals surface area contributed by atoms with Crippen LogP contribution in [0.5, 0.6) is 0 Å². The van der Waals surface area contributed by atoms with Crippen LogP contribution < -0.4 is 5.32 Å². The maximum Gasteiger partial charge on any atom is 0.328 e. The number of halogens is 1. The van der Waals surface area contributed by atoms with Crippen LogP contribution in [0.3, 0.4) is 0 Å². The Morgan fingerprint density at radius 2 is 1.94 bits per heavy atom. The van der Waals surface area contributed by atoms with Crippen molar-refractivity contribution >= 4 is 27.7 Å². The summed E-state index contributed by atoms with van der Waals surface area (Å²) in [5.41, 5.74) is 0.941. The third-order valence-corrected chi connectivity index (χ3v) is 2.61. The van der Waals surface area contributed by atoms with Crippen molar-refractivity contribution < 1.29 is 14.7 Å². The first-order valence-corrected chi connectivity index (χ1v) is 5.86. The molecule has 4 nitrogen and oxygen atoms in total. The lowest BCUT2D eigenvalue weighted by atomic mass is 10.1. The van der Waals surface area contributed by atoms with Crippen LogP contribution in [0.2, 0.25) is 0 Å². The number of rotatable bonds is 6. The maximum atomic E-state index is 11.3. The maximum absolute atomic E-state index is 11.3. The molecule has 0 fully saturated rings. The van der Waals surface area contributed by atoms with E-state index in [9.17, 15) is 9.59 Å². The quantitative estimate of drug-likeness (QED) is 0.609. The van der Waals surface area contributed by atoms with E-state index < -0.39 is 12.0 Å². The molecule has 0 aliphatic heterocycles. The average Bonchev–Trinajstić information content (AvgIpc) is 2.30. The van der Waals surface area contributed by atoms with Crippen molar-refractivity contribution in [3.63, 3.8) is 0 Å². The molecule has 0 heterocycles. The molecule has 0 aliphatic carbocycles. The van der Waals surface area contributed by atoms with Gasteiger partial charge in [-0.3, -0.25) is 14.9 Å². The van der Waals surface area contributed by atoms with Gasteiger partial charge in [0.25, 0.3) is 0 Å². The highest BCUT2D eigenvalue weighted by molar-refractivity contribution is 9.09. The van der Waals surface area contributed by atoms with Gasteiger partial charge in [-0.25, -0.2) is 0 Å². The molecule has 0 saturated carbocycles. The molecule has 2 N–H and O–H groups in total. The highest BCUT2D eigenvalue weighted by Gasteiger charge is 2.23. The van der Waals surface area contributed by atoms with E-state index in [-0.39, 0.29) is 11.1 Å². The average molecular weight is 286 g/mol. The van der Waals surface area contributed by atoms with Crippen molar-refractivity contribution in [1.29, 1.82) is 0 Å². The first-order chi connectivity index (χ1) is 7.65. The minimum absolute atomic E-state index is 0.0335. The van der Waals surface area contributed by atoms with E-state index in [0.717, 1.165) is 5.56 Å². The number of carboxylic acid groups (broad SMARTS) is 1. The van der Waals surface area contributed by atoms with Crippen LogP contribution in [0.4, 0.5) is 0 Å². The Bertz CT molecular complexity index is 367. The van der Waals surface area contributed by atoms with Crippen molar-refractivity contribution in [2.45, 2.75) is 12.6 Å². The fourth-order valence-electron chi connectivity index (χ4n) is 1.23. The predicted molar refractivity (Wildman–Crippen MR) is 63.5 cm³/mol. The molecular weight excluding hydrogens is 274 g/mol. The Labute approximate surface area is 102 Å². The Morgan fingerprint density at radius 3 is 2.44 bits per heavy atom. The van der Waals surface area contributed by atoms with E-state index in [1.54, 1.807) is 0 Å². The largest absolute Gasteiger partial charge is 0.480 e. The zero-order valence-corrected chi connectivity index (χ0v) is 10.1. The minimum Gasteiger partial charge on any atom is -0.480 e. The van der Waals surface area contributed by atoms with Crippen LogP contribution in [-0.2, 0) is 16.1 Å². The number of ketones is 1. The summed E-state index contributed by atoms with van der Waals surface area (Å²) in [7, 11) is 0. The molecule has 1 aromatic rings. The molecule has 16 heavy (non-hydrogen) atoms. The Kier molecular flexibility index (Phi) is 5.14. The number of alkyl halides is 1. The lowest BCUT2D eigenvalue weighted by Crippen LogP contribution is -2.43. The summed E-state index contributed by atoms with van der Waals surface area (Å²) in [6.07, 6.45) is 0. The summed E-state index contributed by atoms with van der Waals surface area (Å²) >= 11 is 2.96. The molecule has 0 saturated heterocycles. The summed E-state index contributed by atoms with van der Waals surface area (Å²) in [4.78, 5) is 22.1. The molecule has 0 unspecified atom stereocenters. The molecule has 0 aliphatic rings. The van der Waals surface area contributed by atoms with Crippen molar-refractivity contribution in [3.8, 4) is 0 Å². The highest BCUT2D eigenvalue weighted by atomic mass is 79.9. The standard InChI is InChI=1S/C11H12BrNO3/c12-6-9(14)10(11(15)16)13-7-8-4-2-1-3-5-8/h1-5,10,13H,6-7H2,(H,15,16)/t10-/m0/s1. The molecule has 0 bridgehead atoms. The van der Waals surface area contributed by atoms with Gasteiger partial charge >= 0.3 is 5.97 Å². The van der Waals surface area contributed by atoms with E-state index in [4.69, 9.17) is 5.11 Å². The molecule has 0 amide bonds. The van der Waals surface area contributed by atoms with Gasteiger partial charge in [0.05, 0.1) is 5.33 Å². The molecule has 86 valence electrons. The number of carboxylic acids is 1. The summed E-state index contributed by atoms with van der Waals surface area (Å²) in [5, 5.41) is 11.6. The normalized spacial score (nSPS) is 12.1. The van der Waals surface area contributed by atoms with Gasteiger partial charge in [0.2, 0.25) is 0 Å². The van der Waals surface area contributed by atoms with Gasteiger partial charge in [-0.2, -0.15) is 0 Å². The van der Waals surface area contributed by atoms with Crippen molar-refractivity contribution in [3.05, 3.63) is 35.9 Å². The first-order valence-electron chi connectivity index (χ1n) is 4.74. The van der Waals surface area contributed by atoms with Crippen LogP contribution >= 0.6 is 15.9 Å². The van der Waals surface area contributed by atoms with E-state index in [2.05, 4.69) is 21.2 Å². The second kappa shape index (κ2) is 6.40. The smallest absolute Gasteiger partial charge is 0.328 e. The molecular formula is C11H12BrNO3. The first kappa shape index (κ1) is 12.9. The lowest BCUT2D eigenvalue weighted by Gasteiger charge is -2.11. The summed E-state index contributed by atoms with van der Waals surface area (Å²) in [6, 6.07) is 8.18. The number of hydrogen-bond acceptors (Lipinski definition) is 3. The summed E-state index contributed by atoms with van der Waals surface area (Å²) in [5.74, 6) is -1.54. The number of hydrogen-bond donors (Lipinski definition) is 2. The fraction of sp³-hybridized carbons (Fsp3) is 0.273. The Hall–Kier alpha value is -1.20. The minimum atomic E-state index is -1.15. The zero-order chi connectivity index (χ0) is 12.0. The fourth-order valence-corrected chi connectivity index (χ4v) is 1.56. The molecule has 1 rings (SSSR count). The van der Waals surface area contributed by atoms with Crippen LogP contribution in [0, 0.1) is 0 Å². The third kappa shape index (κ3) is 3.75. The van der Waals surface area contributed by atoms with Gasteiger partial charge in [-0.1, -0.05) is 46.3 Å². The molecule has 1 aromatic carbocycles. The van der Waals surface area contributed by atoms with Gasteiger partial charge in [-0.15, -0.1) is 0 Å². The zero-order valence-electron chi connectivity index (χ0n) is 8.52. The van der Waals surface area contributed by atoms with Crippen LogP contribution in [-0.4, -0.2) is 28.2 Å². The van der Waals surface area contributed by atoms with Gasteiger partial charge in [0.15, 0.2) is 11.8 Å². The second-order valence-electron chi connectivity index (χ2n) is 3.24. The lowest BCUT2D eigenvalue weighted by molar-refractivity contribution is -0.142. The summed E-state index contributed by atoms with van der Waals surface area (Å²) < 4.78 is 0. The van der Waals surface area contributed by atoms with Crippen LogP contribution in [0.25, 0.3) is 0 Å². The Morgan fingerprint density at radius 1 is 1.31 bits per heavy atom. The predicted octanol–water partition coefficient (Wildman–Crippen LogP) is 1.19. The number of Topliss-reactive ketones (excluding diaryl/α,β-unsaturated/α-hetero) is 1. The number of aliphatic carboxylic acids is 1. The highest BCUT2D eigenvalue weighted by Crippen LogP contribution is 2.00. The molecule has 0 aromatic heterocycles. The van der Waals surface area contributed by atoms with Crippen LogP contribution in [0.15, 0.2) is 30.3 Å². The van der Waals surface area contributed by atoms with E-state index in [1.165, 1.54) is 0 Å². The van der Waals surface area contributed by atoms with E-state index in [1.807, 2.05) is 30.3 Å². The van der Waals surface area contributed by atoms with Gasteiger partial charge in [0.1, 0.15) is 0 Å². The monoisotopic (exact) mass is 285 g/mol. The van der Waals surface area contributed by atoms with Gasteiger partial charge in [-0.05, 0) is 5.56 Å². The number of benzene rings is 1. The third-order valence-electron chi connectivity index (χ3n) is 2.05. The topological polar surface area (TPSA) is 66.4 Å². The SMILES string of the molecule is O=C(O)[C@@H](NCc1ccccc1)C(=O)CBr. The number of nitrogens with one attached hydrogen (secondary N) is 1. The molecule has 0 spiro atoms. The molecule has 5 heteroatoms. The van der Waals surface area contributed by atoms with Gasteiger partial charge in [0, 0.05) is 6.54 Å². The van der Waals surface area contributed by atoms with Crippen molar-refractivity contribution in [2.24, 2.45) is 0 Å². The van der Waals surface area contributed by atoms with Gasteiger partial charge < -0.3 is 5.11 Å². The Balaban J connectivity index is 2.57. The number of carbonyl (C=O) groups is 2. The van der Waals surface area contributed by atoms with E-state index in [0.29, 0.717) is 6.54 Å². The molecule has 1 atom stereocenters. The van der Waals surface area contributed by atoms with Crippen LogP contribution in [0.1, 0.15) is 5.56 Å².